The summed E-state index contributed by atoms with van der Waals surface area (Å²) in [5.74, 6) is 0.898. The van der Waals surface area contributed by atoms with Crippen LogP contribution in [0.15, 0.2) is 42.9 Å². The molecule has 1 fully saturated rings. The lowest BCUT2D eigenvalue weighted by atomic mass is 10.1. The number of amides is 2. The third-order valence-electron chi connectivity index (χ3n) is 3.89. The highest BCUT2D eigenvalue weighted by Gasteiger charge is 2.13. The summed E-state index contributed by atoms with van der Waals surface area (Å²) in [6, 6.07) is 7.16. The van der Waals surface area contributed by atoms with Crippen LogP contribution in [0, 0.1) is 0 Å². The van der Waals surface area contributed by atoms with Crippen molar-refractivity contribution in [2.24, 2.45) is 0 Å². The average Bonchev–Trinajstić information content (AvgIpc) is 2.64. The fourth-order valence-corrected chi connectivity index (χ4v) is 2.54. The van der Waals surface area contributed by atoms with Crippen molar-refractivity contribution in [2.45, 2.75) is 13.0 Å². The molecule has 7 nitrogen and oxygen atoms in total. The number of anilines is 2. The van der Waals surface area contributed by atoms with Gasteiger partial charge in [-0.15, -0.1) is 0 Å². The van der Waals surface area contributed by atoms with E-state index >= 15 is 0 Å². The minimum Gasteiger partial charge on any atom is -0.378 e. The number of carbonyl (C=O) groups is 1. The van der Waals surface area contributed by atoms with E-state index in [9.17, 15) is 4.79 Å². The minimum atomic E-state index is -0.264. The van der Waals surface area contributed by atoms with Gasteiger partial charge in [-0.2, -0.15) is 0 Å². The standard InChI is InChI=1S/C17H21N5O2/c1-13(14-4-6-18-7-5-14)20-17(23)21-15-2-3-16(19-12-15)22-8-10-24-11-9-22/h2-7,12-13H,8-11H2,1H3,(H2,20,21,23)/t13-/m1/s1. The summed E-state index contributed by atoms with van der Waals surface area (Å²) in [5, 5.41) is 5.69. The van der Waals surface area contributed by atoms with Gasteiger partial charge in [-0.3, -0.25) is 4.98 Å². The Hall–Kier alpha value is -2.67. The molecule has 1 aliphatic rings. The molecule has 2 amide bonds. The highest BCUT2D eigenvalue weighted by Crippen LogP contribution is 2.16. The first-order chi connectivity index (χ1) is 11.7. The van der Waals surface area contributed by atoms with E-state index in [4.69, 9.17) is 4.74 Å². The summed E-state index contributed by atoms with van der Waals surface area (Å²) in [5.41, 5.74) is 1.66. The second-order valence-corrected chi connectivity index (χ2v) is 5.61. The predicted octanol–water partition coefficient (Wildman–Crippen LogP) is 2.20. The van der Waals surface area contributed by atoms with Gasteiger partial charge in [0.05, 0.1) is 31.1 Å². The van der Waals surface area contributed by atoms with Gasteiger partial charge in [0.2, 0.25) is 0 Å². The molecule has 0 unspecified atom stereocenters. The lowest BCUT2D eigenvalue weighted by Gasteiger charge is -2.27. The molecule has 0 bridgehead atoms. The number of rotatable bonds is 4. The van der Waals surface area contributed by atoms with Crippen molar-refractivity contribution >= 4 is 17.5 Å². The third kappa shape index (κ3) is 4.20. The van der Waals surface area contributed by atoms with E-state index in [1.807, 2.05) is 31.2 Å². The molecule has 0 aliphatic carbocycles. The second-order valence-electron chi connectivity index (χ2n) is 5.61. The molecule has 24 heavy (non-hydrogen) atoms. The van der Waals surface area contributed by atoms with Gasteiger partial charge in [0.15, 0.2) is 0 Å². The quantitative estimate of drug-likeness (QED) is 0.900. The first kappa shape index (κ1) is 16.2. The molecular formula is C17H21N5O2. The zero-order valence-electron chi connectivity index (χ0n) is 13.6. The Morgan fingerprint density at radius 1 is 1.21 bits per heavy atom. The Morgan fingerprint density at radius 2 is 1.96 bits per heavy atom. The molecule has 7 heteroatoms. The number of hydrogen-bond acceptors (Lipinski definition) is 5. The smallest absolute Gasteiger partial charge is 0.319 e. The molecule has 3 rings (SSSR count). The van der Waals surface area contributed by atoms with Crippen LogP contribution >= 0.6 is 0 Å². The van der Waals surface area contributed by atoms with Crippen LogP contribution in [0.2, 0.25) is 0 Å². The van der Waals surface area contributed by atoms with Crippen LogP contribution in [0.1, 0.15) is 18.5 Å². The number of nitrogens with zero attached hydrogens (tertiary/aromatic N) is 3. The van der Waals surface area contributed by atoms with Gasteiger partial charge in [-0.1, -0.05) is 0 Å². The van der Waals surface area contributed by atoms with E-state index in [-0.39, 0.29) is 12.1 Å². The zero-order valence-corrected chi connectivity index (χ0v) is 13.6. The van der Waals surface area contributed by atoms with E-state index < -0.39 is 0 Å². The Kier molecular flexibility index (Phi) is 5.22. The first-order valence-electron chi connectivity index (χ1n) is 7.98. The van der Waals surface area contributed by atoms with Crippen LogP contribution in [0.3, 0.4) is 0 Å². The van der Waals surface area contributed by atoms with Gasteiger partial charge < -0.3 is 20.3 Å². The lowest BCUT2D eigenvalue weighted by Crippen LogP contribution is -2.36. The minimum absolute atomic E-state index is 0.103. The molecule has 3 heterocycles. The van der Waals surface area contributed by atoms with E-state index in [1.165, 1.54) is 0 Å². The highest BCUT2D eigenvalue weighted by atomic mass is 16.5. The number of nitrogens with one attached hydrogen (secondary N) is 2. The molecule has 2 aromatic heterocycles. The molecule has 2 aromatic rings. The maximum Gasteiger partial charge on any atom is 0.319 e. The molecule has 0 aromatic carbocycles. The van der Waals surface area contributed by atoms with Crippen LogP contribution in [-0.4, -0.2) is 42.3 Å². The third-order valence-corrected chi connectivity index (χ3v) is 3.89. The van der Waals surface area contributed by atoms with Gasteiger partial charge in [0.1, 0.15) is 5.82 Å². The van der Waals surface area contributed by atoms with E-state index in [0.717, 1.165) is 37.7 Å². The second kappa shape index (κ2) is 7.74. The average molecular weight is 327 g/mol. The summed E-state index contributed by atoms with van der Waals surface area (Å²) in [7, 11) is 0. The first-order valence-corrected chi connectivity index (χ1v) is 7.98. The largest absolute Gasteiger partial charge is 0.378 e. The molecule has 1 aliphatic heterocycles. The Balaban J connectivity index is 1.54. The Morgan fingerprint density at radius 3 is 2.62 bits per heavy atom. The van der Waals surface area contributed by atoms with E-state index in [0.29, 0.717) is 5.69 Å². The molecule has 0 saturated carbocycles. The fourth-order valence-electron chi connectivity index (χ4n) is 2.54. The van der Waals surface area contributed by atoms with Crippen molar-refractivity contribution in [2.75, 3.05) is 36.5 Å². The molecule has 0 spiro atoms. The number of pyridine rings is 2. The highest BCUT2D eigenvalue weighted by molar-refractivity contribution is 5.89. The van der Waals surface area contributed by atoms with Crippen LogP contribution in [0.5, 0.6) is 0 Å². The van der Waals surface area contributed by atoms with Crippen molar-refractivity contribution in [1.82, 2.24) is 15.3 Å². The van der Waals surface area contributed by atoms with Gasteiger partial charge in [-0.05, 0) is 36.8 Å². The predicted molar refractivity (Wildman–Crippen MR) is 92.1 cm³/mol. The topological polar surface area (TPSA) is 79.4 Å². The van der Waals surface area contributed by atoms with Crippen molar-refractivity contribution < 1.29 is 9.53 Å². The summed E-state index contributed by atoms with van der Waals surface area (Å²) in [6.07, 6.45) is 5.08. The molecule has 0 radical (unpaired) electrons. The summed E-state index contributed by atoms with van der Waals surface area (Å²) in [4.78, 5) is 22.6. The van der Waals surface area contributed by atoms with Gasteiger partial charge in [0, 0.05) is 25.5 Å². The maximum atomic E-state index is 12.1. The lowest BCUT2D eigenvalue weighted by molar-refractivity contribution is 0.122. The van der Waals surface area contributed by atoms with Gasteiger partial charge in [-0.25, -0.2) is 9.78 Å². The monoisotopic (exact) mass is 327 g/mol. The number of carbonyl (C=O) groups excluding carboxylic acids is 1. The maximum absolute atomic E-state index is 12.1. The van der Waals surface area contributed by atoms with Gasteiger partial charge in [0.25, 0.3) is 0 Å². The number of morpholine rings is 1. The molecule has 1 atom stereocenters. The van der Waals surface area contributed by atoms with Gasteiger partial charge >= 0.3 is 6.03 Å². The summed E-state index contributed by atoms with van der Waals surface area (Å²) >= 11 is 0. The number of aromatic nitrogens is 2. The number of ether oxygens (including phenoxy) is 1. The molecular weight excluding hydrogens is 306 g/mol. The van der Waals surface area contributed by atoms with Crippen LogP contribution < -0.4 is 15.5 Å². The fraction of sp³-hybridized carbons (Fsp3) is 0.353. The number of urea groups is 1. The molecule has 1 saturated heterocycles. The van der Waals surface area contributed by atoms with Crippen LogP contribution in [0.4, 0.5) is 16.3 Å². The van der Waals surface area contributed by atoms with Crippen LogP contribution in [-0.2, 0) is 4.74 Å². The van der Waals surface area contributed by atoms with E-state index in [1.54, 1.807) is 18.6 Å². The molecule has 126 valence electrons. The van der Waals surface area contributed by atoms with Crippen molar-refractivity contribution in [3.63, 3.8) is 0 Å². The van der Waals surface area contributed by atoms with E-state index in [2.05, 4.69) is 25.5 Å². The van der Waals surface area contributed by atoms with Crippen LogP contribution in [0.25, 0.3) is 0 Å². The molecule has 2 N–H and O–H groups in total. The SMILES string of the molecule is C[C@@H](NC(=O)Nc1ccc(N2CCOCC2)nc1)c1ccncc1. The Labute approximate surface area is 141 Å². The normalized spacial score (nSPS) is 15.6. The number of hydrogen-bond donors (Lipinski definition) is 2. The van der Waals surface area contributed by atoms with Crippen molar-refractivity contribution in [3.8, 4) is 0 Å². The van der Waals surface area contributed by atoms with Crippen molar-refractivity contribution in [3.05, 3.63) is 48.4 Å². The summed E-state index contributed by atoms with van der Waals surface area (Å²) in [6.45, 7) is 5.04. The van der Waals surface area contributed by atoms with Crippen molar-refractivity contribution in [1.29, 1.82) is 0 Å². The summed E-state index contributed by atoms with van der Waals surface area (Å²) < 4.78 is 5.33. The zero-order chi connectivity index (χ0) is 16.8. The Bertz CT molecular complexity index is 656.